The van der Waals surface area contributed by atoms with Crippen molar-refractivity contribution >= 4 is 16.8 Å². The summed E-state index contributed by atoms with van der Waals surface area (Å²) in [5.74, 6) is 0.459. The first-order valence-electron chi connectivity index (χ1n) is 11.0. The highest BCUT2D eigenvalue weighted by molar-refractivity contribution is 6.07. The second-order valence-electron chi connectivity index (χ2n) is 7.39. The Morgan fingerprint density at radius 2 is 2.07 bits per heavy atom. The number of nitrogens with zero attached hydrogens (tertiary/aromatic N) is 4. The number of rotatable bonds is 3. The van der Waals surface area contributed by atoms with Crippen LogP contribution >= 0.6 is 0 Å². The summed E-state index contributed by atoms with van der Waals surface area (Å²) in [6.07, 6.45) is 7.75. The van der Waals surface area contributed by atoms with Gasteiger partial charge in [0.15, 0.2) is 5.82 Å². The monoisotopic (exact) mass is 380 g/mol. The summed E-state index contributed by atoms with van der Waals surface area (Å²) < 4.78 is 31.0. The Labute approximate surface area is 167 Å². The summed E-state index contributed by atoms with van der Waals surface area (Å²) in [6, 6.07) is 7.11. The van der Waals surface area contributed by atoms with Crippen molar-refractivity contribution in [3.63, 3.8) is 0 Å². The number of carbonyl (C=O) groups is 1. The maximum atomic E-state index is 13.3. The molecule has 144 valence electrons. The van der Waals surface area contributed by atoms with Gasteiger partial charge in [-0.15, -0.1) is 0 Å². The molecule has 28 heavy (non-hydrogen) atoms. The van der Waals surface area contributed by atoms with Crippen LogP contribution < -0.4 is 5.32 Å². The van der Waals surface area contributed by atoms with Gasteiger partial charge in [-0.3, -0.25) is 19.2 Å². The largest absolute Gasteiger partial charge is 0.378 e. The van der Waals surface area contributed by atoms with E-state index in [9.17, 15) is 4.79 Å². The SMILES string of the molecule is [2H]C([2H])([2H])N1[C@@H]2COC[C@H]1CC(NC(=O)c1cn(-c3cnccn3)c3ccccc13)C2. The second kappa shape index (κ2) is 7.00. The van der Waals surface area contributed by atoms with Crippen LogP contribution in [0.3, 0.4) is 0 Å². The zero-order valence-electron chi connectivity index (χ0n) is 18.3. The lowest BCUT2D eigenvalue weighted by Crippen LogP contribution is -2.59. The van der Waals surface area contributed by atoms with Crippen molar-refractivity contribution in [1.82, 2.24) is 24.8 Å². The fourth-order valence-electron chi connectivity index (χ4n) is 4.26. The zero-order valence-corrected chi connectivity index (χ0v) is 15.3. The van der Waals surface area contributed by atoms with Gasteiger partial charge in [-0.05, 0) is 25.9 Å². The fourth-order valence-corrected chi connectivity index (χ4v) is 4.26. The van der Waals surface area contributed by atoms with Crippen LogP contribution in [0.2, 0.25) is 0 Å². The Hall–Kier alpha value is -2.77. The van der Waals surface area contributed by atoms with Crippen LogP contribution in [0.1, 0.15) is 27.3 Å². The number of aromatic nitrogens is 3. The van der Waals surface area contributed by atoms with Crippen LogP contribution in [0.4, 0.5) is 0 Å². The van der Waals surface area contributed by atoms with Gasteiger partial charge in [0.25, 0.3) is 5.91 Å². The topological polar surface area (TPSA) is 72.3 Å². The summed E-state index contributed by atoms with van der Waals surface area (Å²) in [4.78, 5) is 23.3. The molecule has 0 saturated carbocycles. The molecule has 2 aliphatic rings. The van der Waals surface area contributed by atoms with E-state index in [0.717, 1.165) is 10.9 Å². The number of hydrogen-bond acceptors (Lipinski definition) is 5. The zero-order chi connectivity index (χ0) is 21.6. The minimum atomic E-state index is -2.15. The molecule has 2 aliphatic heterocycles. The molecule has 1 unspecified atom stereocenters. The molecule has 2 fully saturated rings. The lowest BCUT2D eigenvalue weighted by atomic mass is 9.90. The van der Waals surface area contributed by atoms with Gasteiger partial charge in [-0.25, -0.2) is 4.98 Å². The van der Waals surface area contributed by atoms with Crippen molar-refractivity contribution in [3.05, 3.63) is 54.6 Å². The normalized spacial score (nSPS) is 27.0. The van der Waals surface area contributed by atoms with Gasteiger partial charge in [0.05, 0.1) is 30.5 Å². The van der Waals surface area contributed by atoms with E-state index in [-0.39, 0.29) is 24.0 Å². The minimum absolute atomic E-state index is 0.108. The number of carbonyl (C=O) groups excluding carboxylic acids is 1. The smallest absolute Gasteiger partial charge is 0.253 e. The highest BCUT2D eigenvalue weighted by Gasteiger charge is 2.37. The molecular formula is C21H23N5O2. The molecule has 2 aromatic heterocycles. The molecule has 3 atom stereocenters. The molecule has 0 aliphatic carbocycles. The first-order chi connectivity index (χ1) is 14.9. The number of piperidine rings is 1. The Morgan fingerprint density at radius 3 is 2.82 bits per heavy atom. The lowest BCUT2D eigenvalue weighted by molar-refractivity contribution is -0.0670. The van der Waals surface area contributed by atoms with E-state index in [1.807, 2.05) is 28.8 Å². The van der Waals surface area contributed by atoms with Gasteiger partial charge in [-0.1, -0.05) is 18.2 Å². The third kappa shape index (κ3) is 2.96. The molecule has 3 aromatic rings. The van der Waals surface area contributed by atoms with E-state index in [0.29, 0.717) is 37.4 Å². The summed E-state index contributed by atoms with van der Waals surface area (Å²) in [7, 11) is 0. The highest BCUT2D eigenvalue weighted by atomic mass is 16.5. The number of hydrogen-bond donors (Lipinski definition) is 1. The van der Waals surface area contributed by atoms with Crippen molar-refractivity contribution in [2.75, 3.05) is 20.2 Å². The van der Waals surface area contributed by atoms with Crippen LogP contribution in [0.15, 0.2) is 49.1 Å². The van der Waals surface area contributed by atoms with Crippen molar-refractivity contribution in [3.8, 4) is 5.82 Å². The summed E-state index contributed by atoms with van der Waals surface area (Å²) in [6.45, 7) is -1.42. The van der Waals surface area contributed by atoms with E-state index in [1.165, 1.54) is 0 Å². The van der Waals surface area contributed by atoms with Crippen molar-refractivity contribution in [2.24, 2.45) is 0 Å². The number of nitrogens with one attached hydrogen (secondary N) is 1. The molecule has 7 heteroatoms. The van der Waals surface area contributed by atoms with Crippen molar-refractivity contribution in [2.45, 2.75) is 31.0 Å². The molecule has 7 nitrogen and oxygen atoms in total. The first kappa shape index (κ1) is 14.3. The molecule has 0 spiro atoms. The first-order valence-corrected chi connectivity index (χ1v) is 9.45. The highest BCUT2D eigenvalue weighted by Crippen LogP contribution is 2.28. The molecule has 5 rings (SSSR count). The third-order valence-electron chi connectivity index (χ3n) is 5.61. The number of likely N-dealkylation sites (N-methyl/N-ethyl adjacent to an activating group) is 1. The molecule has 2 saturated heterocycles. The van der Waals surface area contributed by atoms with Crippen LogP contribution in [-0.2, 0) is 4.74 Å². The van der Waals surface area contributed by atoms with Crippen molar-refractivity contribution in [1.29, 1.82) is 0 Å². The van der Waals surface area contributed by atoms with Gasteiger partial charge >= 0.3 is 0 Å². The van der Waals surface area contributed by atoms with E-state index < -0.39 is 6.98 Å². The van der Waals surface area contributed by atoms with Crippen LogP contribution in [-0.4, -0.2) is 63.7 Å². The number of fused-ring (bicyclic) bond motifs is 3. The van der Waals surface area contributed by atoms with E-state index in [4.69, 9.17) is 8.85 Å². The maximum Gasteiger partial charge on any atom is 0.253 e. The van der Waals surface area contributed by atoms with E-state index in [1.54, 1.807) is 29.7 Å². The Morgan fingerprint density at radius 1 is 1.25 bits per heavy atom. The van der Waals surface area contributed by atoms with Crippen LogP contribution in [0.5, 0.6) is 0 Å². The van der Waals surface area contributed by atoms with E-state index in [2.05, 4.69) is 15.3 Å². The average molecular weight is 380 g/mol. The predicted octanol–water partition coefficient (Wildman–Crippen LogP) is 2.01. The molecule has 1 amide bonds. The molecule has 1 aromatic carbocycles. The van der Waals surface area contributed by atoms with E-state index >= 15 is 0 Å². The van der Waals surface area contributed by atoms with Crippen molar-refractivity contribution < 1.29 is 13.6 Å². The quantitative estimate of drug-likeness (QED) is 0.753. The molecule has 2 bridgehead atoms. The van der Waals surface area contributed by atoms with Gasteiger partial charge in [0, 0.05) is 46.2 Å². The Kier molecular flexibility index (Phi) is 3.56. The lowest BCUT2D eigenvalue weighted by Gasteiger charge is -2.46. The number of para-hydroxylation sites is 1. The Bertz CT molecular complexity index is 1090. The fraction of sp³-hybridized carbons (Fsp3) is 0.381. The minimum Gasteiger partial charge on any atom is -0.378 e. The molecule has 4 heterocycles. The number of ether oxygens (including phenoxy) is 1. The third-order valence-corrected chi connectivity index (χ3v) is 5.61. The van der Waals surface area contributed by atoms with Crippen LogP contribution in [0.25, 0.3) is 16.7 Å². The average Bonchev–Trinajstić information content (AvgIpc) is 3.13. The molecule has 1 N–H and O–H groups in total. The molecular weight excluding hydrogens is 354 g/mol. The summed E-state index contributed by atoms with van der Waals surface area (Å²) >= 11 is 0. The number of morpholine rings is 1. The summed E-state index contributed by atoms with van der Waals surface area (Å²) in [5, 5.41) is 3.97. The predicted molar refractivity (Wildman–Crippen MR) is 106 cm³/mol. The standard InChI is InChI=1S/C21H23N5O2/c1-25-15-8-14(9-16(25)13-28-12-15)24-21(27)18-11-26(20-10-22-6-7-23-20)19-5-3-2-4-17(18)19/h2-7,10-11,14-16H,8-9,12-13H2,1H3,(H,24,27)/t14?,15-,16+/i1D3. The van der Waals surface area contributed by atoms with Gasteiger partial charge in [0.2, 0.25) is 0 Å². The molecule has 0 radical (unpaired) electrons. The van der Waals surface area contributed by atoms with Gasteiger partial charge in [0.1, 0.15) is 0 Å². The van der Waals surface area contributed by atoms with Gasteiger partial charge < -0.3 is 10.1 Å². The van der Waals surface area contributed by atoms with Crippen LogP contribution in [0, 0.1) is 0 Å². The van der Waals surface area contributed by atoms with Gasteiger partial charge in [-0.2, -0.15) is 0 Å². The number of benzene rings is 1. The maximum absolute atomic E-state index is 13.3. The number of amides is 1. The second-order valence-corrected chi connectivity index (χ2v) is 7.39. The summed E-state index contributed by atoms with van der Waals surface area (Å²) in [5.41, 5.74) is 1.43. The Balaban J connectivity index is 1.41.